The summed E-state index contributed by atoms with van der Waals surface area (Å²) in [7, 11) is 0. The summed E-state index contributed by atoms with van der Waals surface area (Å²) in [5.41, 5.74) is 0. The molecule has 0 aliphatic carbocycles. The smallest absolute Gasteiger partial charge is 0.163 e. The first-order valence-electron chi connectivity index (χ1n) is 4.04. The Hall–Kier alpha value is -0.590. The number of aromatic nitrogens is 1. The molecule has 0 bridgehead atoms. The number of hydrogen-bond donors (Lipinski definition) is 2. The summed E-state index contributed by atoms with van der Waals surface area (Å²) >= 11 is 11.1. The summed E-state index contributed by atoms with van der Waals surface area (Å²) in [5, 5.41) is 2.99. The van der Waals surface area contributed by atoms with Crippen molar-refractivity contribution in [2.75, 3.05) is 5.32 Å². The molecule has 6 heteroatoms. The molecule has 74 valence electrons. The largest absolute Gasteiger partial charge is 0.332 e. The molecule has 2 rings (SSSR count). The maximum atomic E-state index is 5.24. The first-order chi connectivity index (χ1) is 6.74. The van der Waals surface area contributed by atoms with E-state index in [-0.39, 0.29) is 5.37 Å². The van der Waals surface area contributed by atoms with Crippen LogP contribution < -0.4 is 5.32 Å². The van der Waals surface area contributed by atoms with Crippen molar-refractivity contribution in [2.45, 2.75) is 11.9 Å². The lowest BCUT2D eigenvalue weighted by Gasteiger charge is -2.14. The predicted molar refractivity (Wildman–Crippen MR) is 67.2 cm³/mol. The van der Waals surface area contributed by atoms with E-state index < -0.39 is 0 Å². The van der Waals surface area contributed by atoms with Gasteiger partial charge in [0.2, 0.25) is 0 Å². The van der Waals surface area contributed by atoms with Crippen LogP contribution in [-0.4, -0.2) is 10.9 Å². The summed E-state index contributed by atoms with van der Waals surface area (Å²) < 4.78 is 2.82. The zero-order valence-electron chi connectivity index (χ0n) is 7.30. The fraction of sp³-hybridized carbons (Fsp3) is 0.250. The lowest BCUT2D eigenvalue weighted by atomic mass is 10.4. The number of nitrogens with one attached hydrogen (secondary N) is 1. The minimum absolute atomic E-state index is 0.0935. The van der Waals surface area contributed by atoms with Gasteiger partial charge in [0.25, 0.3) is 0 Å². The van der Waals surface area contributed by atoms with Crippen molar-refractivity contribution in [3.8, 4) is 0 Å². The van der Waals surface area contributed by atoms with E-state index >= 15 is 0 Å². The van der Waals surface area contributed by atoms with Crippen LogP contribution in [0.25, 0.3) is 0 Å². The first-order valence-corrected chi connectivity index (χ1v) is 5.79. The SMILES string of the molecule is C=CCn1c2c(sc1=S)[C@H](S)N=CN2. The Balaban J connectivity index is 2.54. The second kappa shape index (κ2) is 3.88. The molecule has 0 fully saturated rings. The van der Waals surface area contributed by atoms with E-state index in [4.69, 9.17) is 12.2 Å². The molecule has 0 saturated carbocycles. The van der Waals surface area contributed by atoms with Crippen LogP contribution >= 0.6 is 36.2 Å². The van der Waals surface area contributed by atoms with Gasteiger partial charge in [0.1, 0.15) is 11.2 Å². The lowest BCUT2D eigenvalue weighted by molar-refractivity contribution is 0.826. The maximum Gasteiger partial charge on any atom is 0.163 e. The maximum absolute atomic E-state index is 5.24. The molecule has 1 aliphatic rings. The topological polar surface area (TPSA) is 29.3 Å². The molecule has 1 atom stereocenters. The van der Waals surface area contributed by atoms with E-state index in [1.807, 2.05) is 10.6 Å². The molecule has 0 spiro atoms. The number of allylic oxidation sites excluding steroid dienone is 1. The van der Waals surface area contributed by atoms with Crippen molar-refractivity contribution in [1.82, 2.24) is 4.57 Å². The molecular weight excluding hydrogens is 234 g/mol. The zero-order chi connectivity index (χ0) is 10.1. The normalized spacial score (nSPS) is 18.8. The molecule has 1 aromatic heterocycles. The number of rotatable bonds is 2. The van der Waals surface area contributed by atoms with Crippen molar-refractivity contribution in [1.29, 1.82) is 0 Å². The summed E-state index contributed by atoms with van der Waals surface area (Å²) in [6.07, 6.45) is 3.48. The molecule has 1 aliphatic heterocycles. The highest BCUT2D eigenvalue weighted by atomic mass is 32.1. The van der Waals surface area contributed by atoms with Gasteiger partial charge < -0.3 is 9.88 Å². The molecule has 0 radical (unpaired) electrons. The number of thiazole rings is 1. The molecule has 14 heavy (non-hydrogen) atoms. The van der Waals surface area contributed by atoms with Crippen LogP contribution in [0, 0.1) is 3.95 Å². The third kappa shape index (κ3) is 1.53. The number of aliphatic imine (C=N–C) groups is 1. The third-order valence-electron chi connectivity index (χ3n) is 1.88. The number of thiol groups is 1. The molecule has 2 heterocycles. The van der Waals surface area contributed by atoms with Gasteiger partial charge in [0.15, 0.2) is 3.95 Å². The van der Waals surface area contributed by atoms with Crippen LogP contribution in [0.1, 0.15) is 10.3 Å². The Morgan fingerprint density at radius 1 is 1.86 bits per heavy atom. The van der Waals surface area contributed by atoms with Crippen molar-refractivity contribution in [3.05, 3.63) is 21.5 Å². The molecule has 0 amide bonds. The average Bonchev–Trinajstić information content (AvgIpc) is 2.47. The Kier molecular flexibility index (Phi) is 2.76. The quantitative estimate of drug-likeness (QED) is 0.475. The van der Waals surface area contributed by atoms with Crippen LogP contribution in [0.2, 0.25) is 0 Å². The van der Waals surface area contributed by atoms with Gasteiger partial charge in [-0.1, -0.05) is 6.08 Å². The summed E-state index contributed by atoms with van der Waals surface area (Å²) in [5.74, 6) is 0.995. The van der Waals surface area contributed by atoms with Gasteiger partial charge in [-0.2, -0.15) is 0 Å². The highest BCUT2D eigenvalue weighted by molar-refractivity contribution is 7.80. The van der Waals surface area contributed by atoms with Gasteiger partial charge >= 0.3 is 0 Å². The molecule has 0 aromatic carbocycles. The van der Waals surface area contributed by atoms with E-state index in [1.165, 1.54) is 0 Å². The van der Waals surface area contributed by atoms with Gasteiger partial charge in [-0.3, -0.25) is 4.99 Å². The standard InChI is InChI=1S/C8H9N3S3/c1-2-3-11-6-5(14-8(11)13)7(12)10-4-9-6/h2,4,7,12H,1,3H2,(H,9,10)/t7-/m0/s1. The Bertz CT molecular complexity index is 443. The Morgan fingerprint density at radius 3 is 3.36 bits per heavy atom. The summed E-state index contributed by atoms with van der Waals surface area (Å²) in [6, 6.07) is 0. The molecule has 3 nitrogen and oxygen atoms in total. The second-order valence-corrected chi connectivity index (χ2v) is 4.94. The Morgan fingerprint density at radius 2 is 2.64 bits per heavy atom. The first kappa shape index (κ1) is 9.95. The van der Waals surface area contributed by atoms with Crippen molar-refractivity contribution >= 4 is 48.3 Å². The van der Waals surface area contributed by atoms with Gasteiger partial charge in [0.05, 0.1) is 11.2 Å². The highest BCUT2D eigenvalue weighted by Crippen LogP contribution is 2.36. The monoisotopic (exact) mass is 243 g/mol. The minimum atomic E-state index is -0.0935. The van der Waals surface area contributed by atoms with Gasteiger partial charge in [-0.05, 0) is 12.2 Å². The van der Waals surface area contributed by atoms with Crippen LogP contribution in [-0.2, 0) is 6.54 Å². The van der Waals surface area contributed by atoms with Crippen molar-refractivity contribution in [2.24, 2.45) is 4.99 Å². The predicted octanol–water partition coefficient (Wildman–Crippen LogP) is 2.85. The van der Waals surface area contributed by atoms with Gasteiger partial charge in [-0.25, -0.2) is 0 Å². The molecule has 0 unspecified atom stereocenters. The van der Waals surface area contributed by atoms with Gasteiger partial charge in [0, 0.05) is 6.54 Å². The van der Waals surface area contributed by atoms with Crippen LogP contribution in [0.15, 0.2) is 17.6 Å². The number of hydrogen-bond acceptors (Lipinski definition) is 5. The minimum Gasteiger partial charge on any atom is -0.332 e. The summed E-state index contributed by atoms with van der Waals surface area (Å²) in [6.45, 7) is 4.42. The van der Waals surface area contributed by atoms with Crippen molar-refractivity contribution in [3.63, 3.8) is 0 Å². The molecule has 1 N–H and O–H groups in total. The zero-order valence-corrected chi connectivity index (χ0v) is 9.83. The van der Waals surface area contributed by atoms with Gasteiger partial charge in [-0.15, -0.1) is 30.5 Å². The highest BCUT2D eigenvalue weighted by Gasteiger charge is 2.19. The third-order valence-corrected chi connectivity index (χ3v) is 3.95. The second-order valence-electron chi connectivity index (χ2n) is 2.78. The van der Waals surface area contributed by atoms with E-state index in [0.29, 0.717) is 6.54 Å². The van der Waals surface area contributed by atoms with Crippen molar-refractivity contribution < 1.29 is 0 Å². The van der Waals surface area contributed by atoms with E-state index in [0.717, 1.165) is 14.6 Å². The number of nitrogens with zero attached hydrogens (tertiary/aromatic N) is 2. The lowest BCUT2D eigenvalue weighted by Crippen LogP contribution is -2.10. The van der Waals surface area contributed by atoms with Crippen LogP contribution in [0.3, 0.4) is 0 Å². The molecule has 0 saturated heterocycles. The van der Waals surface area contributed by atoms with E-state index in [9.17, 15) is 0 Å². The van der Waals surface area contributed by atoms with Crippen LogP contribution in [0.5, 0.6) is 0 Å². The Labute approximate surface area is 96.6 Å². The fourth-order valence-corrected chi connectivity index (χ4v) is 2.96. The van der Waals surface area contributed by atoms with Crippen LogP contribution in [0.4, 0.5) is 5.82 Å². The van der Waals surface area contributed by atoms with E-state index in [2.05, 4.69) is 29.5 Å². The number of anilines is 1. The van der Waals surface area contributed by atoms with E-state index in [1.54, 1.807) is 17.7 Å². The fourth-order valence-electron chi connectivity index (χ4n) is 1.28. The average molecular weight is 243 g/mol. The number of fused-ring (bicyclic) bond motifs is 1. The molecule has 1 aromatic rings. The summed E-state index contributed by atoms with van der Waals surface area (Å²) in [4.78, 5) is 5.21. The molecular formula is C8H9N3S3.